The van der Waals surface area contributed by atoms with Gasteiger partial charge in [0, 0.05) is 13.3 Å². The van der Waals surface area contributed by atoms with Gasteiger partial charge in [0.1, 0.15) is 67.1 Å². The minimum Gasteiger partial charge on any atom is -0.477 e. The lowest BCUT2D eigenvalue weighted by molar-refractivity contribution is -0.377. The molecule has 1 amide bonds. The molecule has 2 heterocycles. The highest BCUT2D eigenvalue weighted by Crippen LogP contribution is 2.37. The van der Waals surface area contributed by atoms with Crippen molar-refractivity contribution in [1.82, 2.24) is 5.32 Å². The van der Waals surface area contributed by atoms with Crippen molar-refractivity contribution < 1.29 is 94.6 Å². The Balaban J connectivity index is 2.49. The van der Waals surface area contributed by atoms with Crippen LogP contribution in [0.15, 0.2) is 0 Å². The second-order valence-electron chi connectivity index (χ2n) is 10.1. The zero-order valence-corrected chi connectivity index (χ0v) is 22.7. The summed E-state index contributed by atoms with van der Waals surface area (Å²) in [5.74, 6) is -5.85. The van der Waals surface area contributed by atoms with E-state index in [0.29, 0.717) is 0 Å². The number of aliphatic hydroxyl groups is 11. The molecule has 0 unspecified atom stereocenters. The molecule has 43 heavy (non-hydrogen) atoms. The van der Waals surface area contributed by atoms with Crippen LogP contribution in [0.25, 0.3) is 0 Å². The van der Waals surface area contributed by atoms with Crippen LogP contribution >= 0.6 is 0 Å². The highest BCUT2D eigenvalue weighted by molar-refractivity contribution is 5.76. The quantitative estimate of drug-likeness (QED) is 0.0744. The summed E-state index contributed by atoms with van der Waals surface area (Å²) in [6, 6.07) is -1.57. The molecule has 20 heteroatoms. The van der Waals surface area contributed by atoms with Crippen molar-refractivity contribution in [1.29, 1.82) is 0 Å². The van der Waals surface area contributed by atoms with Crippen molar-refractivity contribution >= 4 is 18.2 Å². The van der Waals surface area contributed by atoms with Crippen LogP contribution in [0.1, 0.15) is 13.3 Å². The number of amides is 1. The van der Waals surface area contributed by atoms with Crippen LogP contribution in [0.2, 0.25) is 0 Å². The molecule has 20 nitrogen and oxygen atoms in total. The number of hydrogen-bond donors (Lipinski definition) is 13. The van der Waals surface area contributed by atoms with Gasteiger partial charge in [0.25, 0.3) is 5.79 Å². The van der Waals surface area contributed by atoms with E-state index in [9.17, 15) is 75.7 Å². The summed E-state index contributed by atoms with van der Waals surface area (Å²) < 4.78 is 21.5. The summed E-state index contributed by atoms with van der Waals surface area (Å²) >= 11 is 0. The normalized spacial score (nSPS) is 37.4. The Hall–Kier alpha value is -1.99. The molecule has 13 N–H and O–H groups in total. The first-order valence-corrected chi connectivity index (χ1v) is 13.0. The van der Waals surface area contributed by atoms with Crippen LogP contribution in [0, 0.1) is 0 Å². The standard InChI is InChI=1S/C23H39NO19/c1-7(29)24-13-8(30)2-23(22(38)39,42-19(13)15(35)10(32)4-26)43-20-16(36)12(6-28)40-21(17(20)37)41-18(11(33)5-27)14(34)9(31)3-25/h3,8-21,26-28,30-37H,2,4-6H2,1H3,(H,24,29)(H,38,39)/t8-,9-,10+,11+,12+,13-,14+,15+,16-,17+,18+,19+,20-,21-,23-/m0/s1. The highest BCUT2D eigenvalue weighted by Gasteiger charge is 2.59. The van der Waals surface area contributed by atoms with Crippen molar-refractivity contribution in [3.05, 3.63) is 0 Å². The Kier molecular flexibility index (Phi) is 13.7. The smallest absolute Gasteiger partial charge is 0.364 e. The molecule has 0 aromatic heterocycles. The van der Waals surface area contributed by atoms with E-state index in [4.69, 9.17) is 18.9 Å². The molecule has 250 valence electrons. The number of aliphatic carboxylic acids is 1. The van der Waals surface area contributed by atoms with Crippen molar-refractivity contribution in [2.75, 3.05) is 19.8 Å². The molecule has 0 aromatic carbocycles. The Morgan fingerprint density at radius 1 is 1.02 bits per heavy atom. The zero-order chi connectivity index (χ0) is 32.8. The average molecular weight is 634 g/mol. The molecule has 2 fully saturated rings. The number of hydrogen-bond acceptors (Lipinski definition) is 18. The Bertz CT molecular complexity index is 927. The Labute approximate surface area is 243 Å². The van der Waals surface area contributed by atoms with E-state index in [1.165, 1.54) is 0 Å². The lowest BCUT2D eigenvalue weighted by Crippen LogP contribution is -2.70. The maximum absolute atomic E-state index is 12.5. The predicted octanol–water partition coefficient (Wildman–Crippen LogP) is -8.38. The first-order valence-electron chi connectivity index (χ1n) is 13.0. The van der Waals surface area contributed by atoms with E-state index in [2.05, 4.69) is 5.32 Å². The van der Waals surface area contributed by atoms with E-state index in [1.54, 1.807) is 0 Å². The molecule has 0 bridgehead atoms. The van der Waals surface area contributed by atoms with E-state index >= 15 is 0 Å². The predicted molar refractivity (Wildman–Crippen MR) is 131 cm³/mol. The molecular formula is C23H39NO19. The lowest BCUT2D eigenvalue weighted by atomic mass is 9.88. The zero-order valence-electron chi connectivity index (χ0n) is 22.7. The van der Waals surface area contributed by atoms with Crippen LogP contribution < -0.4 is 5.32 Å². The van der Waals surface area contributed by atoms with Gasteiger partial charge in [-0.1, -0.05) is 0 Å². The van der Waals surface area contributed by atoms with Gasteiger partial charge in [-0.05, 0) is 0 Å². The number of carboxylic acids is 1. The number of rotatable bonds is 15. The summed E-state index contributed by atoms with van der Waals surface area (Å²) in [4.78, 5) is 35.2. The first-order chi connectivity index (χ1) is 20.1. The van der Waals surface area contributed by atoms with Crippen LogP contribution in [0.4, 0.5) is 0 Å². The van der Waals surface area contributed by atoms with Crippen molar-refractivity contribution in [3.63, 3.8) is 0 Å². The molecule has 0 spiro atoms. The fourth-order valence-corrected chi connectivity index (χ4v) is 4.71. The summed E-state index contributed by atoms with van der Waals surface area (Å²) in [5, 5.41) is 124. The number of aliphatic hydroxyl groups excluding tert-OH is 11. The lowest BCUT2D eigenvalue weighted by Gasteiger charge is -2.50. The first kappa shape index (κ1) is 37.2. The summed E-state index contributed by atoms with van der Waals surface area (Å²) in [6.45, 7) is -2.18. The number of carbonyl (C=O) groups excluding carboxylic acids is 2. The van der Waals surface area contributed by atoms with E-state index < -0.39 is 129 Å². The average Bonchev–Trinajstić information content (AvgIpc) is 2.97. The minimum absolute atomic E-state index is 0.134. The summed E-state index contributed by atoms with van der Waals surface area (Å²) in [5.41, 5.74) is 0. The Morgan fingerprint density at radius 3 is 2.12 bits per heavy atom. The van der Waals surface area contributed by atoms with Gasteiger partial charge in [-0.2, -0.15) is 0 Å². The number of carboxylic acid groups (broad SMARTS) is 1. The molecule has 2 rings (SSSR count). The summed E-state index contributed by atoms with van der Waals surface area (Å²) in [6.07, 6.45) is -28.0. The fraction of sp³-hybridized carbons (Fsp3) is 0.870. The number of ether oxygens (including phenoxy) is 4. The molecule has 15 atom stereocenters. The number of nitrogens with one attached hydrogen (secondary N) is 1. The molecule has 0 saturated carbocycles. The van der Waals surface area contributed by atoms with Gasteiger partial charge in [0.2, 0.25) is 5.91 Å². The van der Waals surface area contributed by atoms with Crippen molar-refractivity contribution in [3.8, 4) is 0 Å². The second-order valence-corrected chi connectivity index (χ2v) is 10.1. The van der Waals surface area contributed by atoms with Crippen LogP contribution in [-0.2, 0) is 33.3 Å². The third kappa shape index (κ3) is 8.39. The molecular weight excluding hydrogens is 594 g/mol. The van der Waals surface area contributed by atoms with E-state index in [1.807, 2.05) is 0 Å². The van der Waals surface area contributed by atoms with Crippen LogP contribution in [0.3, 0.4) is 0 Å². The third-order valence-corrected chi connectivity index (χ3v) is 7.02. The van der Waals surface area contributed by atoms with Gasteiger partial charge in [0.05, 0.1) is 32.0 Å². The number of aldehydes is 1. The monoisotopic (exact) mass is 633 g/mol. The van der Waals surface area contributed by atoms with Crippen LogP contribution in [0.5, 0.6) is 0 Å². The van der Waals surface area contributed by atoms with Gasteiger partial charge in [-0.3, -0.25) is 4.79 Å². The van der Waals surface area contributed by atoms with E-state index in [0.717, 1.165) is 6.92 Å². The number of carbonyl (C=O) groups is 3. The van der Waals surface area contributed by atoms with Gasteiger partial charge >= 0.3 is 5.97 Å². The third-order valence-electron chi connectivity index (χ3n) is 7.02. The molecule has 0 aliphatic carbocycles. The molecule has 2 saturated heterocycles. The van der Waals surface area contributed by atoms with Gasteiger partial charge < -0.3 is 90.3 Å². The van der Waals surface area contributed by atoms with Gasteiger partial charge in [0.15, 0.2) is 12.6 Å². The second kappa shape index (κ2) is 15.8. The van der Waals surface area contributed by atoms with Gasteiger partial charge in [-0.15, -0.1) is 0 Å². The Morgan fingerprint density at radius 2 is 1.63 bits per heavy atom. The molecule has 0 radical (unpaired) electrons. The molecule has 2 aliphatic rings. The topological polar surface area (TPSA) is 343 Å². The maximum atomic E-state index is 12.5. The van der Waals surface area contributed by atoms with E-state index in [-0.39, 0.29) is 6.29 Å². The maximum Gasteiger partial charge on any atom is 0.364 e. The van der Waals surface area contributed by atoms with Gasteiger partial charge in [-0.25, -0.2) is 4.79 Å². The summed E-state index contributed by atoms with van der Waals surface area (Å²) in [7, 11) is 0. The van der Waals surface area contributed by atoms with Crippen LogP contribution in [-0.4, -0.2) is 191 Å². The van der Waals surface area contributed by atoms with Crippen molar-refractivity contribution in [2.24, 2.45) is 0 Å². The SMILES string of the molecule is CC(=O)N[C@@H]1[C@H]([C@H](O)[C@H](O)CO)O[C@@](O[C@H]2[C@@H](O)[C@@H](CO)O[C@@H](O[C@@H]([C@H](O)[C@@H](O)C=O)[C@H](O)CO)[C@@H]2O)(C(=O)O)C[C@@H]1O. The largest absolute Gasteiger partial charge is 0.477 e. The highest BCUT2D eigenvalue weighted by atomic mass is 16.8. The minimum atomic E-state index is -3.07. The fourth-order valence-electron chi connectivity index (χ4n) is 4.71. The molecule has 2 aliphatic heterocycles. The van der Waals surface area contributed by atoms with Crippen molar-refractivity contribution in [2.45, 2.75) is 105 Å². The molecule has 0 aromatic rings.